The number of benzene rings is 2. The summed E-state index contributed by atoms with van der Waals surface area (Å²) in [7, 11) is 0. The van der Waals surface area contributed by atoms with Gasteiger partial charge < -0.3 is 20.7 Å². The summed E-state index contributed by atoms with van der Waals surface area (Å²) in [4.78, 5) is 25.6. The summed E-state index contributed by atoms with van der Waals surface area (Å²) in [5, 5.41) is 2.90. The first-order chi connectivity index (χ1) is 14.0. The van der Waals surface area contributed by atoms with Gasteiger partial charge in [-0.05, 0) is 42.5 Å². The van der Waals surface area contributed by atoms with Crippen LogP contribution in [0.5, 0.6) is 5.75 Å². The number of hydrogen-bond donors (Lipinski definition) is 2. The summed E-state index contributed by atoms with van der Waals surface area (Å²) in [6, 6.07) is 9.71. The molecule has 0 atom stereocenters. The van der Waals surface area contributed by atoms with E-state index in [1.165, 1.54) is 30.6 Å². The van der Waals surface area contributed by atoms with Crippen molar-refractivity contribution in [3.05, 3.63) is 66.0 Å². The van der Waals surface area contributed by atoms with Crippen molar-refractivity contribution in [2.75, 3.05) is 23.3 Å². The number of carbonyl (C=O) groups excluding carboxylic acids is 1. The second-order valence-corrected chi connectivity index (χ2v) is 6.39. The third kappa shape index (κ3) is 4.21. The number of rotatable bonds is 6. The Kier molecular flexibility index (Phi) is 4.90. The van der Waals surface area contributed by atoms with Gasteiger partial charge in [-0.25, -0.2) is 18.7 Å². The number of nitrogens with zero attached hydrogens (tertiary/aromatic N) is 4. The fraction of sp³-hybridized carbons (Fsp3) is 0.158. The Labute approximate surface area is 164 Å². The average Bonchev–Trinajstić information content (AvgIpc) is 2.67. The first-order valence-electron chi connectivity index (χ1n) is 8.70. The van der Waals surface area contributed by atoms with Crippen molar-refractivity contribution < 1.29 is 18.3 Å². The second-order valence-electron chi connectivity index (χ2n) is 6.39. The van der Waals surface area contributed by atoms with Crippen LogP contribution in [0.4, 0.5) is 26.4 Å². The maximum absolute atomic E-state index is 13.6. The zero-order chi connectivity index (χ0) is 20.4. The van der Waals surface area contributed by atoms with Gasteiger partial charge >= 0.3 is 0 Å². The minimum Gasteiger partial charge on any atom is -0.487 e. The molecule has 1 amide bonds. The molecule has 3 aromatic rings. The molecule has 29 heavy (non-hydrogen) atoms. The maximum Gasteiger partial charge on any atom is 0.251 e. The molecule has 1 saturated heterocycles. The molecular weight excluding hydrogens is 382 g/mol. The zero-order valence-electron chi connectivity index (χ0n) is 15.0. The van der Waals surface area contributed by atoms with Crippen LogP contribution in [0.25, 0.3) is 0 Å². The Bertz CT molecular complexity index is 1040. The Hall–Kier alpha value is -3.82. The molecule has 1 aromatic heterocycles. The number of carbonyl (C=O) groups is 1. The van der Waals surface area contributed by atoms with Crippen molar-refractivity contribution in [1.82, 2.24) is 15.0 Å². The van der Waals surface area contributed by atoms with Crippen molar-refractivity contribution >= 4 is 23.5 Å². The first-order valence-corrected chi connectivity index (χ1v) is 8.70. The molecule has 0 aliphatic carbocycles. The lowest BCUT2D eigenvalue weighted by atomic mass is 10.2. The molecule has 2 heterocycles. The Morgan fingerprint density at radius 2 is 1.90 bits per heavy atom. The van der Waals surface area contributed by atoms with Crippen LogP contribution in [-0.4, -0.2) is 40.1 Å². The molecule has 3 N–H and O–H groups in total. The fourth-order valence-corrected chi connectivity index (χ4v) is 2.80. The van der Waals surface area contributed by atoms with E-state index >= 15 is 0 Å². The van der Waals surface area contributed by atoms with Gasteiger partial charge in [-0.2, -0.15) is 4.98 Å². The highest BCUT2D eigenvalue weighted by molar-refractivity contribution is 5.94. The largest absolute Gasteiger partial charge is 0.487 e. The van der Waals surface area contributed by atoms with Gasteiger partial charge in [0.25, 0.3) is 5.91 Å². The fourth-order valence-electron chi connectivity index (χ4n) is 2.80. The molecule has 0 spiro atoms. The second kappa shape index (κ2) is 7.66. The molecule has 8 nitrogen and oxygen atoms in total. The van der Waals surface area contributed by atoms with Crippen molar-refractivity contribution in [3.8, 4) is 5.75 Å². The predicted molar refractivity (Wildman–Crippen MR) is 101 cm³/mol. The van der Waals surface area contributed by atoms with Crippen LogP contribution in [0.15, 0.2) is 48.8 Å². The summed E-state index contributed by atoms with van der Waals surface area (Å²) in [6.45, 7) is 1.12. The van der Waals surface area contributed by atoms with Gasteiger partial charge in [0.15, 0.2) is 0 Å². The van der Waals surface area contributed by atoms with Crippen LogP contribution < -0.4 is 20.7 Å². The van der Waals surface area contributed by atoms with Crippen LogP contribution >= 0.6 is 0 Å². The monoisotopic (exact) mass is 398 g/mol. The summed E-state index contributed by atoms with van der Waals surface area (Å²) in [6.07, 6.45) is 1.28. The lowest BCUT2D eigenvalue weighted by Crippen LogP contribution is -2.54. The molecule has 0 unspecified atom stereocenters. The van der Waals surface area contributed by atoms with Gasteiger partial charge in [0.2, 0.25) is 11.9 Å². The number of hydrogen-bond acceptors (Lipinski definition) is 7. The number of anilines is 3. The SMILES string of the molecule is NC(=O)c1cc(Nc2ncnc(N3CC(Oc4ccc(F)cc4)C3)n2)ccc1F. The smallest absolute Gasteiger partial charge is 0.251 e. The maximum atomic E-state index is 13.6. The van der Waals surface area contributed by atoms with Gasteiger partial charge in [0, 0.05) is 5.69 Å². The highest BCUT2D eigenvalue weighted by Gasteiger charge is 2.30. The number of ether oxygens (including phenoxy) is 1. The van der Waals surface area contributed by atoms with E-state index in [4.69, 9.17) is 10.5 Å². The van der Waals surface area contributed by atoms with Crippen molar-refractivity contribution in [2.24, 2.45) is 5.73 Å². The minimum atomic E-state index is -0.865. The third-order valence-corrected chi connectivity index (χ3v) is 4.29. The number of primary amides is 1. The molecule has 1 aliphatic heterocycles. The summed E-state index contributed by atoms with van der Waals surface area (Å²) in [5.74, 6) is -0.612. The van der Waals surface area contributed by atoms with Gasteiger partial charge in [-0.1, -0.05) is 0 Å². The highest BCUT2D eigenvalue weighted by atomic mass is 19.1. The molecular formula is C19H16F2N6O2. The molecule has 0 radical (unpaired) electrons. The van der Waals surface area contributed by atoms with E-state index in [9.17, 15) is 13.6 Å². The minimum absolute atomic E-state index is 0.0659. The standard InChI is InChI=1S/C19H16F2N6O2/c20-11-1-4-13(5-2-11)29-14-8-27(9-14)19-24-10-23-18(26-19)25-12-3-6-16(21)15(7-12)17(22)28/h1-7,10,14H,8-9H2,(H2,22,28)(H,23,24,25,26). The van der Waals surface area contributed by atoms with Crippen LogP contribution in [0.3, 0.4) is 0 Å². The molecule has 2 aromatic carbocycles. The molecule has 0 bridgehead atoms. The first kappa shape index (κ1) is 18.5. The van der Waals surface area contributed by atoms with Crippen LogP contribution in [0, 0.1) is 11.6 Å². The van der Waals surface area contributed by atoms with Gasteiger partial charge in [0.1, 0.15) is 29.8 Å². The number of nitrogens with two attached hydrogens (primary N) is 1. The van der Waals surface area contributed by atoms with Crippen molar-refractivity contribution in [3.63, 3.8) is 0 Å². The third-order valence-electron chi connectivity index (χ3n) is 4.29. The molecule has 148 valence electrons. The van der Waals surface area contributed by atoms with Gasteiger partial charge in [-0.15, -0.1) is 0 Å². The molecule has 1 aliphatic rings. The number of amides is 1. The highest BCUT2D eigenvalue weighted by Crippen LogP contribution is 2.23. The van der Waals surface area contributed by atoms with Crippen LogP contribution in [0.2, 0.25) is 0 Å². The van der Waals surface area contributed by atoms with E-state index in [1.54, 1.807) is 12.1 Å². The predicted octanol–water partition coefficient (Wildman–Crippen LogP) is 2.26. The van der Waals surface area contributed by atoms with E-state index in [2.05, 4.69) is 20.3 Å². The number of aromatic nitrogens is 3. The molecule has 10 heteroatoms. The molecule has 4 rings (SSSR count). The number of nitrogens with one attached hydrogen (secondary N) is 1. The Balaban J connectivity index is 1.39. The summed E-state index contributed by atoms with van der Waals surface area (Å²) < 4.78 is 32.3. The van der Waals surface area contributed by atoms with Gasteiger partial charge in [0.05, 0.1) is 18.7 Å². The van der Waals surface area contributed by atoms with E-state index in [-0.39, 0.29) is 23.4 Å². The van der Waals surface area contributed by atoms with Crippen molar-refractivity contribution in [2.45, 2.75) is 6.10 Å². The van der Waals surface area contributed by atoms with Gasteiger partial charge in [-0.3, -0.25) is 4.79 Å². The topological polar surface area (TPSA) is 106 Å². The van der Waals surface area contributed by atoms with E-state index < -0.39 is 11.7 Å². The molecule has 1 fully saturated rings. The Morgan fingerprint density at radius 1 is 1.14 bits per heavy atom. The van der Waals surface area contributed by atoms with Crippen LogP contribution in [-0.2, 0) is 0 Å². The lowest BCUT2D eigenvalue weighted by Gasteiger charge is -2.38. The zero-order valence-corrected chi connectivity index (χ0v) is 15.0. The summed E-state index contributed by atoms with van der Waals surface area (Å²) >= 11 is 0. The van der Waals surface area contributed by atoms with Crippen LogP contribution in [0.1, 0.15) is 10.4 Å². The van der Waals surface area contributed by atoms with E-state index in [0.29, 0.717) is 30.5 Å². The van der Waals surface area contributed by atoms with E-state index in [1.807, 2.05) is 4.90 Å². The lowest BCUT2D eigenvalue weighted by molar-refractivity contribution is 0.0996. The normalized spacial score (nSPS) is 13.7. The van der Waals surface area contributed by atoms with E-state index in [0.717, 1.165) is 6.07 Å². The van der Waals surface area contributed by atoms with Crippen molar-refractivity contribution in [1.29, 1.82) is 0 Å². The average molecular weight is 398 g/mol. The summed E-state index contributed by atoms with van der Waals surface area (Å²) in [5.41, 5.74) is 5.34. The molecule has 0 saturated carbocycles. The number of halogens is 2. The Morgan fingerprint density at radius 3 is 2.62 bits per heavy atom. The quantitative estimate of drug-likeness (QED) is 0.656.